The van der Waals surface area contributed by atoms with Gasteiger partial charge in [0, 0.05) is 16.1 Å². The molecule has 2 N–H and O–H groups in total. The number of alkyl halides is 3. The molecule has 0 aliphatic heterocycles. The molecule has 3 aromatic rings. The molecule has 38 heavy (non-hydrogen) atoms. The zero-order valence-corrected chi connectivity index (χ0v) is 21.3. The number of nitrogens with one attached hydrogen (secondary N) is 2. The van der Waals surface area contributed by atoms with Crippen LogP contribution in [-0.2, 0) is 28.5 Å². The number of esters is 1. The van der Waals surface area contributed by atoms with E-state index in [2.05, 4.69) is 10.6 Å². The van der Waals surface area contributed by atoms with Gasteiger partial charge < -0.3 is 20.1 Å². The Kier molecular flexibility index (Phi) is 8.35. The van der Waals surface area contributed by atoms with Gasteiger partial charge in [-0.2, -0.15) is 13.2 Å². The van der Waals surface area contributed by atoms with E-state index in [9.17, 15) is 27.6 Å². The van der Waals surface area contributed by atoms with Crippen molar-refractivity contribution in [1.82, 2.24) is 0 Å². The normalized spacial score (nSPS) is 12.8. The first-order valence-corrected chi connectivity index (χ1v) is 12.8. The highest BCUT2D eigenvalue weighted by Gasteiger charge is 2.30. The quantitative estimate of drug-likeness (QED) is 0.334. The summed E-state index contributed by atoms with van der Waals surface area (Å²) in [6.07, 6.45) is -0.900. The third-order valence-electron chi connectivity index (χ3n) is 5.84. The number of halogens is 3. The lowest BCUT2D eigenvalue weighted by molar-refractivity contribution is -0.137. The van der Waals surface area contributed by atoms with Gasteiger partial charge in [-0.25, -0.2) is 4.79 Å². The fraction of sp³-hybridized carbons (Fsp3) is 0.296. The molecule has 0 saturated carbocycles. The van der Waals surface area contributed by atoms with Crippen molar-refractivity contribution in [1.29, 1.82) is 0 Å². The standard InChI is InChI=1S/C27H25F3N2O5S/c1-2-36-26(35)23-20-8-3-4-9-21(20)38-25(23)32-22(33)15-37-19-12-10-16(11-13-19)24(34)31-18-7-5-6-17(14-18)27(28,29)30/h5-7,10-14H,2-4,8-9,15H2,1H3,(H,31,34)(H,32,33). The van der Waals surface area contributed by atoms with Crippen LogP contribution in [0.15, 0.2) is 48.5 Å². The summed E-state index contributed by atoms with van der Waals surface area (Å²) in [5.41, 5.74) is 0.696. The Morgan fingerprint density at radius 3 is 2.45 bits per heavy atom. The van der Waals surface area contributed by atoms with Crippen molar-refractivity contribution in [3.8, 4) is 5.75 Å². The monoisotopic (exact) mass is 546 g/mol. The van der Waals surface area contributed by atoms with Gasteiger partial charge in [-0.15, -0.1) is 11.3 Å². The van der Waals surface area contributed by atoms with Gasteiger partial charge in [0.2, 0.25) is 0 Å². The van der Waals surface area contributed by atoms with Crippen molar-refractivity contribution in [3.05, 3.63) is 75.7 Å². The maximum absolute atomic E-state index is 12.9. The van der Waals surface area contributed by atoms with Crippen LogP contribution in [-0.4, -0.2) is 31.0 Å². The fourth-order valence-electron chi connectivity index (χ4n) is 4.06. The van der Waals surface area contributed by atoms with Crippen LogP contribution in [0, 0.1) is 0 Å². The van der Waals surface area contributed by atoms with Crippen molar-refractivity contribution in [2.24, 2.45) is 0 Å². The molecule has 0 bridgehead atoms. The molecule has 200 valence electrons. The number of carbonyl (C=O) groups excluding carboxylic acids is 3. The lowest BCUT2D eigenvalue weighted by Crippen LogP contribution is -2.21. The van der Waals surface area contributed by atoms with Gasteiger partial charge in [-0.1, -0.05) is 6.07 Å². The summed E-state index contributed by atoms with van der Waals surface area (Å²) < 4.78 is 49.4. The molecule has 2 amide bonds. The third kappa shape index (κ3) is 6.52. The molecule has 11 heteroatoms. The number of rotatable bonds is 8. The Morgan fingerprint density at radius 2 is 1.74 bits per heavy atom. The first kappa shape index (κ1) is 27.2. The predicted molar refractivity (Wildman–Crippen MR) is 137 cm³/mol. The Bertz CT molecular complexity index is 1340. The van der Waals surface area contributed by atoms with Gasteiger partial charge in [0.15, 0.2) is 6.61 Å². The summed E-state index contributed by atoms with van der Waals surface area (Å²) >= 11 is 1.38. The van der Waals surface area contributed by atoms with E-state index >= 15 is 0 Å². The first-order valence-electron chi connectivity index (χ1n) is 12.0. The highest BCUT2D eigenvalue weighted by atomic mass is 32.1. The predicted octanol–water partition coefficient (Wildman–Crippen LogP) is 6.09. The summed E-state index contributed by atoms with van der Waals surface area (Å²) in [6, 6.07) is 10.2. The molecule has 0 saturated heterocycles. The second kappa shape index (κ2) is 11.7. The van der Waals surface area contributed by atoms with Gasteiger partial charge in [-0.05, 0) is 80.6 Å². The van der Waals surface area contributed by atoms with Crippen LogP contribution in [0.3, 0.4) is 0 Å². The van der Waals surface area contributed by atoms with E-state index < -0.39 is 29.5 Å². The molecule has 0 fully saturated rings. The molecule has 1 aromatic heterocycles. The largest absolute Gasteiger partial charge is 0.484 e. The second-order valence-corrected chi connectivity index (χ2v) is 9.63. The molecule has 4 rings (SSSR count). The van der Waals surface area contributed by atoms with Crippen molar-refractivity contribution in [2.45, 2.75) is 38.8 Å². The van der Waals surface area contributed by atoms with E-state index in [0.717, 1.165) is 48.3 Å². The summed E-state index contributed by atoms with van der Waals surface area (Å²) in [5, 5.41) is 5.64. The Balaban J connectivity index is 1.35. The van der Waals surface area contributed by atoms with Crippen LogP contribution in [0.5, 0.6) is 5.75 Å². The molecule has 0 spiro atoms. The highest BCUT2D eigenvalue weighted by Crippen LogP contribution is 2.38. The van der Waals surface area contributed by atoms with E-state index in [1.54, 1.807) is 6.92 Å². The molecule has 0 radical (unpaired) electrons. The van der Waals surface area contributed by atoms with E-state index in [-0.39, 0.29) is 24.5 Å². The molecule has 2 aromatic carbocycles. The molecule has 1 aliphatic carbocycles. The van der Waals surface area contributed by atoms with E-state index in [4.69, 9.17) is 9.47 Å². The molecule has 1 heterocycles. The summed E-state index contributed by atoms with van der Waals surface area (Å²) in [7, 11) is 0. The van der Waals surface area contributed by atoms with Crippen LogP contribution in [0.25, 0.3) is 0 Å². The molecular formula is C27H25F3N2O5S. The SMILES string of the molecule is CCOC(=O)c1c(NC(=O)COc2ccc(C(=O)Nc3cccc(C(F)(F)F)c3)cc2)sc2c1CCCC2. The fourth-order valence-corrected chi connectivity index (χ4v) is 5.36. The summed E-state index contributed by atoms with van der Waals surface area (Å²) in [4.78, 5) is 38.6. The zero-order chi connectivity index (χ0) is 27.3. The van der Waals surface area contributed by atoms with Crippen molar-refractivity contribution < 1.29 is 37.0 Å². The maximum atomic E-state index is 12.9. The van der Waals surface area contributed by atoms with E-state index in [0.29, 0.717) is 16.3 Å². The number of ether oxygens (including phenoxy) is 2. The molecule has 0 atom stereocenters. The van der Waals surface area contributed by atoms with Gasteiger partial charge in [0.25, 0.3) is 11.8 Å². The van der Waals surface area contributed by atoms with Crippen LogP contribution in [0.1, 0.15) is 56.5 Å². The van der Waals surface area contributed by atoms with Crippen LogP contribution >= 0.6 is 11.3 Å². The first-order chi connectivity index (χ1) is 18.2. The van der Waals surface area contributed by atoms with Crippen molar-refractivity contribution in [2.75, 3.05) is 23.8 Å². The van der Waals surface area contributed by atoms with Gasteiger partial charge >= 0.3 is 12.1 Å². The molecule has 1 aliphatic rings. The third-order valence-corrected chi connectivity index (χ3v) is 7.05. The van der Waals surface area contributed by atoms with Crippen LogP contribution in [0.4, 0.5) is 23.9 Å². The number of hydrogen-bond donors (Lipinski definition) is 2. The van der Waals surface area contributed by atoms with Crippen molar-refractivity contribution in [3.63, 3.8) is 0 Å². The van der Waals surface area contributed by atoms with Crippen LogP contribution < -0.4 is 15.4 Å². The molecular weight excluding hydrogens is 521 g/mol. The minimum Gasteiger partial charge on any atom is -0.484 e. The number of hydrogen-bond acceptors (Lipinski definition) is 6. The van der Waals surface area contributed by atoms with Gasteiger partial charge in [0.1, 0.15) is 10.8 Å². The number of amides is 2. The number of aryl methyl sites for hydroxylation is 1. The summed E-state index contributed by atoms with van der Waals surface area (Å²) in [6.45, 7) is 1.62. The second-order valence-electron chi connectivity index (χ2n) is 8.53. The lowest BCUT2D eigenvalue weighted by Gasteiger charge is -2.12. The minimum absolute atomic E-state index is 0.0132. The van der Waals surface area contributed by atoms with Gasteiger partial charge in [0.05, 0.1) is 17.7 Å². The van der Waals surface area contributed by atoms with Crippen molar-refractivity contribution >= 4 is 39.8 Å². The highest BCUT2D eigenvalue weighted by molar-refractivity contribution is 7.17. The average Bonchev–Trinajstić information content (AvgIpc) is 3.25. The summed E-state index contributed by atoms with van der Waals surface area (Å²) in [5.74, 6) is -1.20. The van der Waals surface area contributed by atoms with E-state index in [1.165, 1.54) is 47.7 Å². The average molecular weight is 547 g/mol. The Hall–Kier alpha value is -3.86. The van der Waals surface area contributed by atoms with E-state index in [1.807, 2.05) is 0 Å². The maximum Gasteiger partial charge on any atom is 0.416 e. The Morgan fingerprint density at radius 1 is 1.00 bits per heavy atom. The number of anilines is 2. The number of thiophene rings is 1. The lowest BCUT2D eigenvalue weighted by atomic mass is 9.95. The molecule has 0 unspecified atom stereocenters. The molecule has 7 nitrogen and oxygen atoms in total. The smallest absolute Gasteiger partial charge is 0.416 e. The topological polar surface area (TPSA) is 93.7 Å². The number of carbonyl (C=O) groups is 3. The van der Waals surface area contributed by atoms with Gasteiger partial charge in [-0.3, -0.25) is 9.59 Å². The number of fused-ring (bicyclic) bond motifs is 1. The Labute approximate surface area is 221 Å². The number of benzene rings is 2. The minimum atomic E-state index is -4.52. The zero-order valence-electron chi connectivity index (χ0n) is 20.4. The van der Waals surface area contributed by atoms with Crippen LogP contribution in [0.2, 0.25) is 0 Å².